The van der Waals surface area contributed by atoms with Crippen molar-refractivity contribution in [1.29, 1.82) is 0 Å². The summed E-state index contributed by atoms with van der Waals surface area (Å²) < 4.78 is 0. The van der Waals surface area contributed by atoms with Crippen molar-refractivity contribution in [3.05, 3.63) is 0 Å². The maximum Gasteiger partial charge on any atom is 0.122 e. The lowest BCUT2D eigenvalue weighted by molar-refractivity contribution is 1.47. The third-order valence-electron chi connectivity index (χ3n) is 0.686. The molecule has 6 heavy (non-hydrogen) atoms. The number of rotatable bonds is 2. The molecule has 0 amide bonds. The van der Waals surface area contributed by atoms with E-state index in [1.54, 1.807) is 0 Å². The summed E-state index contributed by atoms with van der Waals surface area (Å²) in [7, 11) is -0.299. The molecule has 0 nitrogen and oxygen atoms in total. The van der Waals surface area contributed by atoms with Crippen molar-refractivity contribution in [2.45, 2.75) is 19.5 Å². The standard InChI is InChI=1S/C3H11ClSi2/c1-3-5-6(2)4/h6H,3,5H2,1-2H3. The van der Waals surface area contributed by atoms with E-state index < -0.39 is 7.62 Å². The molecular weight excluding hydrogens is 128 g/mol. The van der Waals surface area contributed by atoms with Crippen LogP contribution in [0.4, 0.5) is 0 Å². The van der Waals surface area contributed by atoms with E-state index in [9.17, 15) is 0 Å². The molecule has 0 radical (unpaired) electrons. The molecule has 0 fully saturated rings. The van der Waals surface area contributed by atoms with Crippen LogP contribution >= 0.6 is 11.1 Å². The van der Waals surface area contributed by atoms with Gasteiger partial charge in [-0.2, -0.15) is 11.1 Å². The van der Waals surface area contributed by atoms with Gasteiger partial charge in [0.2, 0.25) is 0 Å². The fourth-order valence-corrected chi connectivity index (χ4v) is 5.54. The van der Waals surface area contributed by atoms with Crippen molar-refractivity contribution < 1.29 is 0 Å². The topological polar surface area (TPSA) is 0 Å². The maximum absolute atomic E-state index is 5.78. The Hall–Kier alpha value is 0.724. The highest BCUT2D eigenvalue weighted by atomic mass is 35.6. The number of hydrogen-bond acceptors (Lipinski definition) is 0. The minimum absolute atomic E-state index is 0.261. The van der Waals surface area contributed by atoms with Crippen molar-refractivity contribution in [3.8, 4) is 0 Å². The van der Waals surface area contributed by atoms with Gasteiger partial charge in [0.15, 0.2) is 0 Å². The molecule has 0 rings (SSSR count). The lowest BCUT2D eigenvalue weighted by atomic mass is 11.0. The van der Waals surface area contributed by atoms with Crippen LogP contribution in [0.25, 0.3) is 0 Å². The van der Waals surface area contributed by atoms with E-state index in [0.29, 0.717) is 0 Å². The fraction of sp³-hybridized carbons (Fsp3) is 1.00. The van der Waals surface area contributed by atoms with Crippen LogP contribution in [0.3, 0.4) is 0 Å². The molecule has 0 aromatic heterocycles. The largest absolute Gasteiger partial charge is 0.176 e. The first-order valence-corrected chi connectivity index (χ1v) is 9.58. The summed E-state index contributed by atoms with van der Waals surface area (Å²) in [5.74, 6) is 0. The molecule has 0 aromatic carbocycles. The number of hydrogen-bond donors (Lipinski definition) is 0. The quantitative estimate of drug-likeness (QED) is 0.389. The Morgan fingerprint density at radius 2 is 2.33 bits per heavy atom. The first kappa shape index (κ1) is 6.72. The molecular formula is C3H11ClSi2. The molecule has 0 saturated heterocycles. The van der Waals surface area contributed by atoms with E-state index >= 15 is 0 Å². The lowest BCUT2D eigenvalue weighted by Gasteiger charge is -1.89. The summed E-state index contributed by atoms with van der Waals surface area (Å²) in [4.78, 5) is 0. The molecule has 0 aliphatic carbocycles. The van der Waals surface area contributed by atoms with Gasteiger partial charge in [0.1, 0.15) is 7.62 Å². The highest BCUT2D eigenvalue weighted by Crippen LogP contribution is 1.86. The molecule has 0 N–H and O–H groups in total. The molecule has 0 aliphatic rings. The van der Waals surface area contributed by atoms with Gasteiger partial charge in [0.05, 0.1) is 0 Å². The van der Waals surface area contributed by atoms with E-state index in [0.717, 1.165) is 0 Å². The summed E-state index contributed by atoms with van der Waals surface area (Å²) in [5, 5.41) is 0. The summed E-state index contributed by atoms with van der Waals surface area (Å²) in [6, 6.07) is 1.40. The van der Waals surface area contributed by atoms with Gasteiger partial charge in [-0.1, -0.05) is 19.5 Å². The zero-order chi connectivity index (χ0) is 4.99. The molecule has 1 atom stereocenters. The first-order chi connectivity index (χ1) is 2.77. The Balaban J connectivity index is 2.63. The highest BCUT2D eigenvalue weighted by Gasteiger charge is 1.92. The van der Waals surface area contributed by atoms with E-state index in [1.807, 2.05) is 0 Å². The van der Waals surface area contributed by atoms with Crippen LogP contribution in [-0.2, 0) is 0 Å². The van der Waals surface area contributed by atoms with Crippen molar-refractivity contribution in [2.24, 2.45) is 0 Å². The van der Waals surface area contributed by atoms with Crippen LogP contribution in [0.2, 0.25) is 12.6 Å². The normalized spacial score (nSPS) is 16.5. The average molecular weight is 139 g/mol. The Bertz CT molecular complexity index is 30.0. The van der Waals surface area contributed by atoms with Crippen molar-refractivity contribution in [2.75, 3.05) is 0 Å². The predicted octanol–water partition coefficient (Wildman–Crippen LogP) is 0.682. The van der Waals surface area contributed by atoms with E-state index in [2.05, 4.69) is 13.5 Å². The molecule has 0 aromatic rings. The van der Waals surface area contributed by atoms with Crippen LogP contribution in [0, 0.1) is 0 Å². The summed E-state index contributed by atoms with van der Waals surface area (Å²) in [6.45, 7) is 4.45. The van der Waals surface area contributed by atoms with Crippen molar-refractivity contribution in [3.63, 3.8) is 0 Å². The molecule has 1 unspecified atom stereocenters. The van der Waals surface area contributed by atoms with Crippen LogP contribution < -0.4 is 0 Å². The molecule has 0 bridgehead atoms. The van der Waals surface area contributed by atoms with Gasteiger partial charge < -0.3 is 0 Å². The number of halogens is 1. The third kappa shape index (κ3) is 4.72. The smallest absolute Gasteiger partial charge is 0.122 e. The SMILES string of the molecule is CC[SiH2][SiH](C)Cl. The van der Waals surface area contributed by atoms with Gasteiger partial charge in [0, 0.05) is 9.04 Å². The molecule has 0 spiro atoms. The van der Waals surface area contributed by atoms with Gasteiger partial charge in [-0.05, 0) is 0 Å². The average Bonchev–Trinajstić information content (AvgIpc) is 1.35. The Morgan fingerprint density at radius 3 is 2.33 bits per heavy atom. The first-order valence-electron chi connectivity index (χ1n) is 2.41. The summed E-state index contributed by atoms with van der Waals surface area (Å²) in [6.07, 6.45) is 0. The lowest BCUT2D eigenvalue weighted by Crippen LogP contribution is -2.06. The van der Waals surface area contributed by atoms with E-state index in [-0.39, 0.29) is 9.04 Å². The second kappa shape index (κ2) is 3.90. The van der Waals surface area contributed by atoms with Crippen LogP contribution in [-0.4, -0.2) is 16.7 Å². The van der Waals surface area contributed by atoms with Crippen LogP contribution in [0.1, 0.15) is 6.92 Å². The fourth-order valence-electron chi connectivity index (χ4n) is 0.398. The minimum atomic E-state index is -0.559. The van der Waals surface area contributed by atoms with Gasteiger partial charge in [0.25, 0.3) is 0 Å². The second-order valence-corrected chi connectivity index (χ2v) is 13.9. The zero-order valence-electron chi connectivity index (χ0n) is 4.37. The molecule has 0 saturated carbocycles. The molecule has 38 valence electrons. The monoisotopic (exact) mass is 138 g/mol. The maximum atomic E-state index is 5.78. The van der Waals surface area contributed by atoms with Gasteiger partial charge in [-0.15, -0.1) is 0 Å². The Morgan fingerprint density at radius 1 is 1.83 bits per heavy atom. The summed E-state index contributed by atoms with van der Waals surface area (Å²) in [5.41, 5.74) is 0. The third-order valence-corrected chi connectivity index (χ3v) is 8.14. The van der Waals surface area contributed by atoms with Crippen LogP contribution in [0.5, 0.6) is 0 Å². The Labute approximate surface area is 47.8 Å². The van der Waals surface area contributed by atoms with Crippen LogP contribution in [0.15, 0.2) is 0 Å². The zero-order valence-corrected chi connectivity index (χ0v) is 7.69. The minimum Gasteiger partial charge on any atom is -0.176 e. The van der Waals surface area contributed by atoms with Crippen molar-refractivity contribution >= 4 is 27.7 Å². The van der Waals surface area contributed by atoms with E-state index in [4.69, 9.17) is 11.1 Å². The molecule has 0 heterocycles. The molecule has 3 heteroatoms. The second-order valence-electron chi connectivity index (χ2n) is 1.57. The van der Waals surface area contributed by atoms with Gasteiger partial charge in [-0.3, -0.25) is 0 Å². The summed E-state index contributed by atoms with van der Waals surface area (Å²) >= 11 is 5.78. The van der Waals surface area contributed by atoms with E-state index in [1.165, 1.54) is 6.04 Å². The molecule has 0 aliphatic heterocycles. The predicted molar refractivity (Wildman–Crippen MR) is 37.9 cm³/mol. The highest BCUT2D eigenvalue weighted by molar-refractivity contribution is 7.36. The van der Waals surface area contributed by atoms with Crippen molar-refractivity contribution in [1.82, 2.24) is 0 Å². The van der Waals surface area contributed by atoms with Gasteiger partial charge >= 0.3 is 0 Å². The Kier molecular flexibility index (Phi) is 4.37. The van der Waals surface area contributed by atoms with Gasteiger partial charge in [-0.25, -0.2) is 0 Å².